The van der Waals surface area contributed by atoms with Gasteiger partial charge in [0, 0.05) is 52.5 Å². The van der Waals surface area contributed by atoms with Crippen LogP contribution in [-0.4, -0.2) is 56.8 Å². The molecule has 0 amide bonds. The standard InChI is InChI=1S/C14H23N3O/c1-16(2)13-3-4-14(18)12(11-13)5-8-17-9-6-15-7-10-17/h3-4,11,15,18H,5-10H2,1-2H3. The van der Waals surface area contributed by atoms with E-state index >= 15 is 0 Å². The maximum atomic E-state index is 9.90. The van der Waals surface area contributed by atoms with Gasteiger partial charge in [-0.1, -0.05) is 0 Å². The molecule has 4 nitrogen and oxygen atoms in total. The van der Waals surface area contributed by atoms with Crippen molar-refractivity contribution in [3.63, 3.8) is 0 Å². The first-order valence-corrected chi connectivity index (χ1v) is 6.59. The number of benzene rings is 1. The lowest BCUT2D eigenvalue weighted by molar-refractivity contribution is 0.243. The minimum atomic E-state index is 0.413. The third-order valence-electron chi connectivity index (χ3n) is 3.49. The molecule has 1 aliphatic heterocycles. The maximum Gasteiger partial charge on any atom is 0.118 e. The lowest BCUT2D eigenvalue weighted by atomic mass is 10.1. The van der Waals surface area contributed by atoms with Gasteiger partial charge in [-0.15, -0.1) is 0 Å². The number of nitrogens with one attached hydrogen (secondary N) is 1. The highest BCUT2D eigenvalue weighted by Crippen LogP contribution is 2.23. The SMILES string of the molecule is CN(C)c1ccc(O)c(CCN2CCNCC2)c1. The van der Waals surface area contributed by atoms with Crippen molar-refractivity contribution in [3.8, 4) is 5.75 Å². The predicted molar refractivity (Wildman–Crippen MR) is 75.4 cm³/mol. The molecule has 0 spiro atoms. The molecule has 1 fully saturated rings. The number of piperazine rings is 1. The second-order valence-corrected chi connectivity index (χ2v) is 5.05. The number of phenolic OH excluding ortho intramolecular Hbond substituents is 1. The number of phenols is 1. The van der Waals surface area contributed by atoms with Crippen molar-refractivity contribution in [2.45, 2.75) is 6.42 Å². The number of nitrogens with zero attached hydrogens (tertiary/aromatic N) is 2. The van der Waals surface area contributed by atoms with Gasteiger partial charge < -0.3 is 20.2 Å². The lowest BCUT2D eigenvalue weighted by Gasteiger charge is -2.27. The second-order valence-electron chi connectivity index (χ2n) is 5.05. The summed E-state index contributed by atoms with van der Waals surface area (Å²) in [6.07, 6.45) is 0.910. The summed E-state index contributed by atoms with van der Waals surface area (Å²) in [7, 11) is 4.04. The first kappa shape index (κ1) is 13.2. The Hall–Kier alpha value is -1.26. The first-order chi connectivity index (χ1) is 8.66. The van der Waals surface area contributed by atoms with Crippen molar-refractivity contribution in [3.05, 3.63) is 23.8 Å². The minimum absolute atomic E-state index is 0.413. The average Bonchev–Trinajstić information content (AvgIpc) is 2.38. The van der Waals surface area contributed by atoms with Gasteiger partial charge in [0.05, 0.1) is 0 Å². The molecule has 0 saturated carbocycles. The normalized spacial score (nSPS) is 16.8. The van der Waals surface area contributed by atoms with E-state index in [2.05, 4.69) is 21.2 Å². The Bertz CT molecular complexity index is 387. The Morgan fingerprint density at radius 1 is 1.28 bits per heavy atom. The van der Waals surface area contributed by atoms with Crippen molar-refractivity contribution in [1.29, 1.82) is 0 Å². The van der Waals surface area contributed by atoms with Crippen LogP contribution in [0.4, 0.5) is 5.69 Å². The molecule has 1 heterocycles. The van der Waals surface area contributed by atoms with Crippen molar-refractivity contribution >= 4 is 5.69 Å². The monoisotopic (exact) mass is 249 g/mol. The zero-order valence-electron chi connectivity index (χ0n) is 11.3. The largest absolute Gasteiger partial charge is 0.508 e. The molecule has 18 heavy (non-hydrogen) atoms. The fourth-order valence-electron chi connectivity index (χ4n) is 2.26. The molecular weight excluding hydrogens is 226 g/mol. The van der Waals surface area contributed by atoms with E-state index < -0.39 is 0 Å². The molecule has 2 rings (SSSR count). The van der Waals surface area contributed by atoms with E-state index in [0.717, 1.165) is 50.4 Å². The van der Waals surface area contributed by atoms with E-state index in [4.69, 9.17) is 0 Å². The molecule has 0 radical (unpaired) electrons. The van der Waals surface area contributed by atoms with Crippen LogP contribution in [0.25, 0.3) is 0 Å². The predicted octanol–water partition coefficient (Wildman–Crippen LogP) is 0.906. The second kappa shape index (κ2) is 6.07. The third-order valence-corrected chi connectivity index (χ3v) is 3.49. The van der Waals surface area contributed by atoms with Gasteiger partial charge in [0.2, 0.25) is 0 Å². The molecule has 4 heteroatoms. The summed E-state index contributed by atoms with van der Waals surface area (Å²) >= 11 is 0. The van der Waals surface area contributed by atoms with Gasteiger partial charge in [0.25, 0.3) is 0 Å². The summed E-state index contributed by atoms with van der Waals surface area (Å²) < 4.78 is 0. The zero-order chi connectivity index (χ0) is 13.0. The van der Waals surface area contributed by atoms with Gasteiger partial charge >= 0.3 is 0 Å². The van der Waals surface area contributed by atoms with Crippen LogP contribution in [0.15, 0.2) is 18.2 Å². The molecule has 0 unspecified atom stereocenters. The third kappa shape index (κ3) is 3.37. The van der Waals surface area contributed by atoms with E-state index in [1.54, 1.807) is 6.07 Å². The highest BCUT2D eigenvalue weighted by molar-refractivity contribution is 5.51. The fourth-order valence-corrected chi connectivity index (χ4v) is 2.26. The molecule has 0 aliphatic carbocycles. The molecule has 0 bridgehead atoms. The van der Waals surface area contributed by atoms with Crippen molar-refractivity contribution in [2.75, 3.05) is 51.7 Å². The Labute approximate surface area is 109 Å². The summed E-state index contributed by atoms with van der Waals surface area (Å²) in [5, 5.41) is 13.2. The first-order valence-electron chi connectivity index (χ1n) is 6.59. The summed E-state index contributed by atoms with van der Waals surface area (Å²) in [5.41, 5.74) is 2.18. The smallest absolute Gasteiger partial charge is 0.118 e. The Balaban J connectivity index is 1.97. The van der Waals surface area contributed by atoms with Crippen LogP contribution in [0.1, 0.15) is 5.56 Å². The van der Waals surface area contributed by atoms with E-state index in [0.29, 0.717) is 5.75 Å². The molecule has 0 atom stereocenters. The van der Waals surface area contributed by atoms with Crippen LogP contribution in [-0.2, 0) is 6.42 Å². The van der Waals surface area contributed by atoms with Gasteiger partial charge in [0.1, 0.15) is 5.75 Å². The van der Waals surface area contributed by atoms with Crippen LogP contribution < -0.4 is 10.2 Å². The van der Waals surface area contributed by atoms with Gasteiger partial charge in [-0.2, -0.15) is 0 Å². The van der Waals surface area contributed by atoms with Gasteiger partial charge in [-0.05, 0) is 30.2 Å². The Kier molecular flexibility index (Phi) is 4.44. The molecule has 1 saturated heterocycles. The van der Waals surface area contributed by atoms with Gasteiger partial charge in [0.15, 0.2) is 0 Å². The lowest BCUT2D eigenvalue weighted by Crippen LogP contribution is -2.44. The number of aromatic hydroxyl groups is 1. The number of hydrogen-bond acceptors (Lipinski definition) is 4. The van der Waals surface area contributed by atoms with Crippen LogP contribution in [0.5, 0.6) is 5.75 Å². The molecule has 1 aromatic rings. The van der Waals surface area contributed by atoms with Crippen LogP contribution in [0, 0.1) is 0 Å². The summed E-state index contributed by atoms with van der Waals surface area (Å²) in [4.78, 5) is 4.51. The minimum Gasteiger partial charge on any atom is -0.508 e. The van der Waals surface area contributed by atoms with E-state index in [1.807, 2.05) is 20.2 Å². The highest BCUT2D eigenvalue weighted by atomic mass is 16.3. The van der Waals surface area contributed by atoms with Crippen LogP contribution in [0.2, 0.25) is 0 Å². The van der Waals surface area contributed by atoms with Crippen LogP contribution >= 0.6 is 0 Å². The van der Waals surface area contributed by atoms with Crippen molar-refractivity contribution in [1.82, 2.24) is 10.2 Å². The average molecular weight is 249 g/mol. The van der Waals surface area contributed by atoms with Gasteiger partial charge in [-0.25, -0.2) is 0 Å². The highest BCUT2D eigenvalue weighted by Gasteiger charge is 2.11. The maximum absolute atomic E-state index is 9.90. The number of anilines is 1. The van der Waals surface area contributed by atoms with Gasteiger partial charge in [-0.3, -0.25) is 0 Å². The molecular formula is C14H23N3O. The van der Waals surface area contributed by atoms with E-state index in [-0.39, 0.29) is 0 Å². The molecule has 100 valence electrons. The fraction of sp³-hybridized carbons (Fsp3) is 0.571. The number of hydrogen-bond donors (Lipinski definition) is 2. The quantitative estimate of drug-likeness (QED) is 0.832. The van der Waals surface area contributed by atoms with Crippen LogP contribution in [0.3, 0.4) is 0 Å². The van der Waals surface area contributed by atoms with Crippen molar-refractivity contribution < 1.29 is 5.11 Å². The van der Waals surface area contributed by atoms with E-state index in [1.165, 1.54) is 0 Å². The molecule has 2 N–H and O–H groups in total. The topological polar surface area (TPSA) is 38.7 Å². The Morgan fingerprint density at radius 2 is 2.00 bits per heavy atom. The van der Waals surface area contributed by atoms with Crippen molar-refractivity contribution in [2.24, 2.45) is 0 Å². The molecule has 1 aromatic carbocycles. The molecule has 0 aromatic heterocycles. The summed E-state index contributed by atoms with van der Waals surface area (Å²) in [5.74, 6) is 0.413. The summed E-state index contributed by atoms with van der Waals surface area (Å²) in [6, 6.07) is 5.82. The number of rotatable bonds is 4. The molecule has 1 aliphatic rings. The van der Waals surface area contributed by atoms with E-state index in [9.17, 15) is 5.11 Å². The Morgan fingerprint density at radius 3 is 2.67 bits per heavy atom. The zero-order valence-corrected chi connectivity index (χ0v) is 11.3. The summed E-state index contributed by atoms with van der Waals surface area (Å²) in [6.45, 7) is 5.38.